The zero-order chi connectivity index (χ0) is 12.3. The summed E-state index contributed by atoms with van der Waals surface area (Å²) in [7, 11) is 0. The molecule has 0 fully saturated rings. The van der Waals surface area contributed by atoms with Crippen LogP contribution in [0.15, 0.2) is 51.9 Å². The molecular weight excluding hydrogens is 278 g/mol. The fourth-order valence-electron chi connectivity index (χ4n) is 1.70. The van der Waals surface area contributed by atoms with Gasteiger partial charge in [-0.1, -0.05) is 31.2 Å². The molecular formula is C14H14BrNO. The molecule has 0 bridgehead atoms. The first-order valence-electron chi connectivity index (χ1n) is 5.63. The van der Waals surface area contributed by atoms with Crippen molar-refractivity contribution in [2.24, 2.45) is 0 Å². The van der Waals surface area contributed by atoms with Gasteiger partial charge in [-0.25, -0.2) is 0 Å². The van der Waals surface area contributed by atoms with E-state index < -0.39 is 0 Å². The lowest BCUT2D eigenvalue weighted by Gasteiger charge is -2.06. The highest BCUT2D eigenvalue weighted by Crippen LogP contribution is 2.09. The fraction of sp³-hybridized carbons (Fsp3) is 0.214. The third-order valence-corrected chi connectivity index (χ3v) is 3.20. The van der Waals surface area contributed by atoms with E-state index in [1.54, 1.807) is 16.7 Å². The lowest BCUT2D eigenvalue weighted by atomic mass is 10.1. The average Bonchev–Trinajstić information content (AvgIpc) is 2.35. The van der Waals surface area contributed by atoms with Crippen molar-refractivity contribution in [2.75, 3.05) is 0 Å². The summed E-state index contributed by atoms with van der Waals surface area (Å²) >= 11 is 3.37. The van der Waals surface area contributed by atoms with Gasteiger partial charge in [-0.3, -0.25) is 4.79 Å². The maximum atomic E-state index is 11.6. The second-order valence-corrected chi connectivity index (χ2v) is 4.90. The average molecular weight is 292 g/mol. The van der Waals surface area contributed by atoms with E-state index in [-0.39, 0.29) is 5.56 Å². The van der Waals surface area contributed by atoms with Crippen molar-refractivity contribution >= 4 is 15.9 Å². The highest BCUT2D eigenvalue weighted by molar-refractivity contribution is 9.10. The highest BCUT2D eigenvalue weighted by atomic mass is 79.9. The van der Waals surface area contributed by atoms with Gasteiger partial charge in [-0.2, -0.15) is 0 Å². The number of benzene rings is 1. The molecule has 2 aromatic rings. The van der Waals surface area contributed by atoms with E-state index >= 15 is 0 Å². The Hall–Kier alpha value is -1.35. The van der Waals surface area contributed by atoms with Gasteiger partial charge in [-0.05, 0) is 39.5 Å². The third-order valence-electron chi connectivity index (χ3n) is 2.73. The molecule has 0 aliphatic heterocycles. The van der Waals surface area contributed by atoms with E-state index in [1.807, 2.05) is 6.20 Å². The van der Waals surface area contributed by atoms with E-state index in [0.29, 0.717) is 6.54 Å². The van der Waals surface area contributed by atoms with Gasteiger partial charge >= 0.3 is 0 Å². The van der Waals surface area contributed by atoms with Crippen LogP contribution in [0.2, 0.25) is 0 Å². The van der Waals surface area contributed by atoms with Crippen LogP contribution in [0.1, 0.15) is 18.1 Å². The van der Waals surface area contributed by atoms with Gasteiger partial charge in [0.25, 0.3) is 5.56 Å². The van der Waals surface area contributed by atoms with E-state index in [9.17, 15) is 4.79 Å². The summed E-state index contributed by atoms with van der Waals surface area (Å²) in [5, 5.41) is 0. The molecule has 0 spiro atoms. The maximum Gasteiger partial charge on any atom is 0.250 e. The summed E-state index contributed by atoms with van der Waals surface area (Å²) < 4.78 is 2.62. The minimum Gasteiger partial charge on any atom is -0.310 e. The molecule has 88 valence electrons. The molecule has 0 radical (unpaired) electrons. The number of rotatable bonds is 3. The summed E-state index contributed by atoms with van der Waals surface area (Å²) in [6, 6.07) is 11.7. The number of halogens is 1. The fourth-order valence-corrected chi connectivity index (χ4v) is 2.08. The summed E-state index contributed by atoms with van der Waals surface area (Å²) in [6.45, 7) is 2.75. The zero-order valence-electron chi connectivity index (χ0n) is 9.69. The summed E-state index contributed by atoms with van der Waals surface area (Å²) in [5.41, 5.74) is 2.48. The molecule has 1 heterocycles. The van der Waals surface area contributed by atoms with Crippen molar-refractivity contribution < 1.29 is 0 Å². The largest absolute Gasteiger partial charge is 0.310 e. The van der Waals surface area contributed by atoms with Crippen molar-refractivity contribution in [3.8, 4) is 0 Å². The highest BCUT2D eigenvalue weighted by Gasteiger charge is 1.99. The summed E-state index contributed by atoms with van der Waals surface area (Å²) in [6.07, 6.45) is 2.85. The summed E-state index contributed by atoms with van der Waals surface area (Å²) in [4.78, 5) is 11.6. The van der Waals surface area contributed by atoms with Gasteiger partial charge in [0, 0.05) is 16.7 Å². The minimum absolute atomic E-state index is 0.0211. The van der Waals surface area contributed by atoms with Crippen LogP contribution in [-0.4, -0.2) is 4.57 Å². The van der Waals surface area contributed by atoms with Crippen LogP contribution in [0.25, 0.3) is 0 Å². The Balaban J connectivity index is 2.25. The van der Waals surface area contributed by atoms with E-state index in [1.165, 1.54) is 5.56 Å². The zero-order valence-corrected chi connectivity index (χ0v) is 11.3. The molecule has 0 saturated heterocycles. The monoisotopic (exact) mass is 291 g/mol. The van der Waals surface area contributed by atoms with Gasteiger partial charge in [0.2, 0.25) is 0 Å². The predicted octanol–water partition coefficient (Wildman–Crippen LogP) is 3.22. The number of hydrogen-bond donors (Lipinski definition) is 0. The second-order valence-electron chi connectivity index (χ2n) is 3.98. The standard InChI is InChI=1S/C14H14BrNO/c1-2-11-3-5-12(6-4-11)9-16-10-13(15)7-8-14(16)17/h3-8,10H,2,9H2,1H3. The number of aromatic nitrogens is 1. The molecule has 3 heteroatoms. The molecule has 2 nitrogen and oxygen atoms in total. The first-order valence-corrected chi connectivity index (χ1v) is 6.42. The SMILES string of the molecule is CCc1ccc(Cn2cc(Br)ccc2=O)cc1. The Morgan fingerprint density at radius 1 is 1.06 bits per heavy atom. The van der Waals surface area contributed by atoms with Gasteiger partial charge in [0.1, 0.15) is 0 Å². The Morgan fingerprint density at radius 2 is 1.71 bits per heavy atom. The number of pyridine rings is 1. The number of nitrogens with zero attached hydrogens (tertiary/aromatic N) is 1. The lowest BCUT2D eigenvalue weighted by Crippen LogP contribution is -2.18. The second kappa shape index (κ2) is 5.32. The molecule has 0 aliphatic rings. The first kappa shape index (κ1) is 12.1. The van der Waals surface area contributed by atoms with Crippen LogP contribution in [0.4, 0.5) is 0 Å². The Morgan fingerprint density at radius 3 is 2.35 bits per heavy atom. The van der Waals surface area contributed by atoms with E-state index in [4.69, 9.17) is 0 Å². The van der Waals surface area contributed by atoms with Crippen molar-refractivity contribution in [3.63, 3.8) is 0 Å². The van der Waals surface area contributed by atoms with Crippen LogP contribution in [-0.2, 0) is 13.0 Å². The van der Waals surface area contributed by atoms with Crippen molar-refractivity contribution in [2.45, 2.75) is 19.9 Å². The Kier molecular flexibility index (Phi) is 3.79. The van der Waals surface area contributed by atoms with Crippen molar-refractivity contribution in [1.82, 2.24) is 4.57 Å². The van der Waals surface area contributed by atoms with Crippen LogP contribution in [0.5, 0.6) is 0 Å². The third kappa shape index (κ3) is 3.07. The molecule has 0 atom stereocenters. The van der Waals surface area contributed by atoms with Gasteiger partial charge in [0.05, 0.1) is 6.54 Å². The van der Waals surface area contributed by atoms with E-state index in [2.05, 4.69) is 47.1 Å². The molecule has 0 N–H and O–H groups in total. The quantitative estimate of drug-likeness (QED) is 0.851. The van der Waals surface area contributed by atoms with Gasteiger partial charge < -0.3 is 4.57 Å². The van der Waals surface area contributed by atoms with Crippen LogP contribution in [0, 0.1) is 0 Å². The first-order chi connectivity index (χ1) is 8.19. The predicted molar refractivity (Wildman–Crippen MR) is 73.3 cm³/mol. The molecule has 2 rings (SSSR count). The molecule has 1 aromatic carbocycles. The smallest absolute Gasteiger partial charge is 0.250 e. The van der Waals surface area contributed by atoms with Crippen LogP contribution < -0.4 is 5.56 Å². The Bertz CT molecular complexity index is 557. The van der Waals surface area contributed by atoms with Crippen molar-refractivity contribution in [3.05, 3.63) is 68.5 Å². The molecule has 0 amide bonds. The molecule has 1 aromatic heterocycles. The van der Waals surface area contributed by atoms with E-state index in [0.717, 1.165) is 16.5 Å². The van der Waals surface area contributed by atoms with Gasteiger partial charge in [0.15, 0.2) is 0 Å². The number of hydrogen-bond acceptors (Lipinski definition) is 1. The molecule has 0 saturated carbocycles. The summed E-state index contributed by atoms with van der Waals surface area (Å²) in [5.74, 6) is 0. The lowest BCUT2D eigenvalue weighted by molar-refractivity contribution is 0.756. The normalized spacial score (nSPS) is 10.5. The van der Waals surface area contributed by atoms with Gasteiger partial charge in [-0.15, -0.1) is 0 Å². The molecule has 17 heavy (non-hydrogen) atoms. The molecule has 0 unspecified atom stereocenters. The molecule has 0 aliphatic carbocycles. The topological polar surface area (TPSA) is 22.0 Å². The van der Waals surface area contributed by atoms with Crippen LogP contribution in [0.3, 0.4) is 0 Å². The van der Waals surface area contributed by atoms with Crippen molar-refractivity contribution in [1.29, 1.82) is 0 Å². The Labute approximate surface area is 109 Å². The maximum absolute atomic E-state index is 11.6. The number of aryl methyl sites for hydroxylation is 1. The minimum atomic E-state index is 0.0211. The van der Waals surface area contributed by atoms with Crippen LogP contribution >= 0.6 is 15.9 Å².